The highest BCUT2D eigenvalue weighted by molar-refractivity contribution is 7.89. The van der Waals surface area contributed by atoms with E-state index in [-0.39, 0.29) is 33.9 Å². The molecule has 0 atom stereocenters. The Morgan fingerprint density at radius 2 is 1.64 bits per heavy atom. The molecule has 1 aliphatic carbocycles. The van der Waals surface area contributed by atoms with Gasteiger partial charge in [0.2, 0.25) is 10.0 Å². The predicted molar refractivity (Wildman–Crippen MR) is 112 cm³/mol. The first-order valence-corrected chi connectivity index (χ1v) is 12.3. The van der Waals surface area contributed by atoms with Crippen LogP contribution in [-0.4, -0.2) is 49.7 Å². The van der Waals surface area contributed by atoms with E-state index in [1.54, 1.807) is 22.3 Å². The zero-order valence-corrected chi connectivity index (χ0v) is 18.3. The molecule has 4 rings (SSSR count). The number of fused-ring (bicyclic) bond motifs is 1. The molecule has 0 saturated carbocycles. The zero-order chi connectivity index (χ0) is 19.9. The summed E-state index contributed by atoms with van der Waals surface area (Å²) >= 11 is 13.9. The minimum absolute atomic E-state index is 0.00669. The maximum absolute atomic E-state index is 13.0. The van der Waals surface area contributed by atoms with Gasteiger partial charge in [0.05, 0.1) is 15.6 Å². The van der Waals surface area contributed by atoms with Gasteiger partial charge in [-0.05, 0) is 43.4 Å². The standard InChI is InChI=1S/C19H20Cl2N2O3S2/c20-15-5-3-6-16(21)18(15)28(25,26)23-10-8-22(9-11-23)19(24)14-12-27-17-7-2-1-4-13(14)17/h3,5-6,12H,1-2,4,7-11H2. The second kappa shape index (κ2) is 7.95. The van der Waals surface area contributed by atoms with Crippen molar-refractivity contribution in [3.05, 3.63) is 49.6 Å². The number of halogens is 2. The minimum Gasteiger partial charge on any atom is -0.336 e. The Morgan fingerprint density at radius 1 is 1.00 bits per heavy atom. The highest BCUT2D eigenvalue weighted by Crippen LogP contribution is 2.33. The number of sulfonamides is 1. The summed E-state index contributed by atoms with van der Waals surface area (Å²) in [5.74, 6) is 0.00669. The third-order valence-corrected chi connectivity index (χ3v) is 9.28. The van der Waals surface area contributed by atoms with Crippen molar-refractivity contribution >= 4 is 50.5 Å². The van der Waals surface area contributed by atoms with Crippen LogP contribution in [-0.2, 0) is 22.9 Å². The molecule has 2 aromatic rings. The Kier molecular flexibility index (Phi) is 5.73. The Labute approximate surface area is 178 Å². The number of carbonyl (C=O) groups is 1. The van der Waals surface area contributed by atoms with E-state index in [1.165, 1.54) is 33.3 Å². The fourth-order valence-electron chi connectivity index (χ4n) is 3.83. The summed E-state index contributed by atoms with van der Waals surface area (Å²) in [4.78, 5) is 16.0. The number of piperazine rings is 1. The van der Waals surface area contributed by atoms with Gasteiger partial charge in [0.25, 0.3) is 5.91 Å². The number of benzene rings is 1. The van der Waals surface area contributed by atoms with Crippen LogP contribution in [0.3, 0.4) is 0 Å². The van der Waals surface area contributed by atoms with Crippen LogP contribution in [0.4, 0.5) is 0 Å². The summed E-state index contributed by atoms with van der Waals surface area (Å²) in [6.07, 6.45) is 4.31. The molecule has 28 heavy (non-hydrogen) atoms. The molecule has 1 fully saturated rings. The van der Waals surface area contributed by atoms with Crippen LogP contribution in [0.1, 0.15) is 33.6 Å². The third-order valence-electron chi connectivity index (χ3n) is 5.33. The lowest BCUT2D eigenvalue weighted by atomic mass is 9.95. The molecule has 0 bridgehead atoms. The van der Waals surface area contributed by atoms with Crippen molar-refractivity contribution in [3.63, 3.8) is 0 Å². The van der Waals surface area contributed by atoms with Gasteiger partial charge in [-0.1, -0.05) is 29.3 Å². The third kappa shape index (κ3) is 3.59. The van der Waals surface area contributed by atoms with Gasteiger partial charge in [-0.15, -0.1) is 11.3 Å². The molecule has 1 aromatic carbocycles. The summed E-state index contributed by atoms with van der Waals surface area (Å²) in [6, 6.07) is 4.64. The summed E-state index contributed by atoms with van der Waals surface area (Å²) in [5.41, 5.74) is 1.99. The van der Waals surface area contributed by atoms with E-state index in [2.05, 4.69) is 0 Å². The second-order valence-corrected chi connectivity index (χ2v) is 10.7. The van der Waals surface area contributed by atoms with Gasteiger partial charge in [0.1, 0.15) is 4.90 Å². The number of hydrogen-bond donors (Lipinski definition) is 0. The summed E-state index contributed by atoms with van der Waals surface area (Å²) in [5, 5.41) is 2.18. The lowest BCUT2D eigenvalue weighted by molar-refractivity contribution is 0.0697. The van der Waals surface area contributed by atoms with E-state index in [4.69, 9.17) is 23.2 Å². The monoisotopic (exact) mass is 458 g/mol. The van der Waals surface area contributed by atoms with Crippen LogP contribution in [0.2, 0.25) is 10.0 Å². The maximum atomic E-state index is 13.0. The molecular formula is C19H20Cl2N2O3S2. The van der Waals surface area contributed by atoms with Crippen molar-refractivity contribution in [1.29, 1.82) is 0 Å². The highest BCUT2D eigenvalue weighted by atomic mass is 35.5. The van der Waals surface area contributed by atoms with Crippen LogP contribution in [0.25, 0.3) is 0 Å². The van der Waals surface area contributed by atoms with Gasteiger partial charge >= 0.3 is 0 Å². The van der Waals surface area contributed by atoms with Gasteiger partial charge in [-0.3, -0.25) is 4.79 Å². The number of rotatable bonds is 3. The van der Waals surface area contributed by atoms with E-state index in [0.717, 1.165) is 24.8 Å². The smallest absolute Gasteiger partial charge is 0.255 e. The van der Waals surface area contributed by atoms with Crippen molar-refractivity contribution in [3.8, 4) is 0 Å². The van der Waals surface area contributed by atoms with Crippen LogP contribution >= 0.6 is 34.5 Å². The molecule has 5 nitrogen and oxygen atoms in total. The molecule has 1 amide bonds. The summed E-state index contributed by atoms with van der Waals surface area (Å²) in [6.45, 7) is 1.15. The van der Waals surface area contributed by atoms with Gasteiger partial charge in [0, 0.05) is 36.4 Å². The average molecular weight is 459 g/mol. The van der Waals surface area contributed by atoms with Crippen molar-refractivity contribution in [2.75, 3.05) is 26.2 Å². The first-order chi connectivity index (χ1) is 13.4. The number of hydrogen-bond acceptors (Lipinski definition) is 4. The zero-order valence-electron chi connectivity index (χ0n) is 15.2. The molecule has 1 aliphatic heterocycles. The van der Waals surface area contributed by atoms with E-state index < -0.39 is 10.0 Å². The molecule has 150 valence electrons. The Bertz CT molecular complexity index is 992. The quantitative estimate of drug-likeness (QED) is 0.695. The SMILES string of the molecule is O=C(c1csc2c1CCCC2)N1CCN(S(=O)(=O)c2c(Cl)cccc2Cl)CC1. The van der Waals surface area contributed by atoms with E-state index in [0.29, 0.717) is 13.1 Å². The second-order valence-electron chi connectivity index (χ2n) is 7.01. The summed E-state index contributed by atoms with van der Waals surface area (Å²) in [7, 11) is -3.81. The number of carbonyl (C=O) groups excluding carboxylic acids is 1. The maximum Gasteiger partial charge on any atom is 0.255 e. The molecule has 0 spiro atoms. The predicted octanol–water partition coefficient (Wildman–Crippen LogP) is 4.08. The molecule has 2 aliphatic rings. The fraction of sp³-hybridized carbons (Fsp3) is 0.421. The van der Waals surface area contributed by atoms with Crippen LogP contribution < -0.4 is 0 Å². The van der Waals surface area contributed by atoms with E-state index in [9.17, 15) is 13.2 Å². The van der Waals surface area contributed by atoms with Crippen LogP contribution in [0.5, 0.6) is 0 Å². The van der Waals surface area contributed by atoms with Crippen molar-refractivity contribution in [2.45, 2.75) is 30.6 Å². The Hall–Kier alpha value is -1.12. The fourth-order valence-corrected chi connectivity index (χ4v) is 7.47. The van der Waals surface area contributed by atoms with Crippen molar-refractivity contribution in [2.24, 2.45) is 0 Å². The molecule has 0 radical (unpaired) electrons. The van der Waals surface area contributed by atoms with Crippen molar-refractivity contribution < 1.29 is 13.2 Å². The highest BCUT2D eigenvalue weighted by Gasteiger charge is 2.34. The number of amides is 1. The number of thiophene rings is 1. The summed E-state index contributed by atoms with van der Waals surface area (Å²) < 4.78 is 27.3. The first kappa shape index (κ1) is 20.2. The Balaban J connectivity index is 1.49. The van der Waals surface area contributed by atoms with Gasteiger partial charge in [-0.2, -0.15) is 4.31 Å². The average Bonchev–Trinajstić information content (AvgIpc) is 3.11. The molecule has 0 unspecified atom stereocenters. The van der Waals surface area contributed by atoms with Gasteiger partial charge in [0.15, 0.2) is 0 Å². The molecular weight excluding hydrogens is 439 g/mol. The normalized spacial score (nSPS) is 18.1. The first-order valence-electron chi connectivity index (χ1n) is 9.22. The lowest BCUT2D eigenvalue weighted by Crippen LogP contribution is -2.50. The topological polar surface area (TPSA) is 57.7 Å². The minimum atomic E-state index is -3.81. The van der Waals surface area contributed by atoms with Gasteiger partial charge < -0.3 is 4.90 Å². The number of aryl methyl sites for hydroxylation is 1. The number of nitrogens with zero attached hydrogens (tertiary/aromatic N) is 2. The van der Waals surface area contributed by atoms with Crippen LogP contribution in [0.15, 0.2) is 28.5 Å². The van der Waals surface area contributed by atoms with E-state index >= 15 is 0 Å². The molecule has 1 aromatic heterocycles. The molecule has 2 heterocycles. The largest absolute Gasteiger partial charge is 0.336 e. The lowest BCUT2D eigenvalue weighted by Gasteiger charge is -2.34. The van der Waals surface area contributed by atoms with Crippen LogP contribution in [0, 0.1) is 0 Å². The molecule has 0 N–H and O–H groups in total. The molecule has 1 saturated heterocycles. The van der Waals surface area contributed by atoms with Crippen molar-refractivity contribution in [1.82, 2.24) is 9.21 Å². The van der Waals surface area contributed by atoms with E-state index in [1.807, 2.05) is 5.38 Å². The van der Waals surface area contributed by atoms with Gasteiger partial charge in [-0.25, -0.2) is 8.42 Å². The molecule has 9 heteroatoms. The Morgan fingerprint density at radius 3 is 2.32 bits per heavy atom.